The summed E-state index contributed by atoms with van der Waals surface area (Å²) in [5, 5.41) is 0. The Morgan fingerprint density at radius 2 is 2.06 bits per heavy atom. The molecule has 0 saturated carbocycles. The molecular formula is C10H10BrNO4S. The summed E-state index contributed by atoms with van der Waals surface area (Å²) >= 11 is 3.14. The van der Waals surface area contributed by atoms with Gasteiger partial charge in [0.25, 0.3) is 5.91 Å². The molecule has 17 heavy (non-hydrogen) atoms. The van der Waals surface area contributed by atoms with Crippen LogP contribution < -0.4 is 10.5 Å². The molecule has 1 amide bonds. The average Bonchev–Trinajstić information content (AvgIpc) is 2.27. The second kappa shape index (κ2) is 4.89. The van der Waals surface area contributed by atoms with Crippen molar-refractivity contribution >= 4 is 31.7 Å². The molecule has 7 heteroatoms. The van der Waals surface area contributed by atoms with E-state index in [0.717, 1.165) is 0 Å². The minimum absolute atomic E-state index is 0.121. The van der Waals surface area contributed by atoms with Crippen molar-refractivity contribution in [3.05, 3.63) is 34.2 Å². The maximum absolute atomic E-state index is 12.0. The van der Waals surface area contributed by atoms with Gasteiger partial charge >= 0.3 is 0 Å². The molecule has 0 bridgehead atoms. The number of hydrogen-bond donors (Lipinski definition) is 1. The highest BCUT2D eigenvalue weighted by Crippen LogP contribution is 2.30. The summed E-state index contributed by atoms with van der Waals surface area (Å²) in [5.41, 5.74) is 4.92. The zero-order valence-corrected chi connectivity index (χ0v) is 11.3. The Balaban J connectivity index is 3.48. The van der Waals surface area contributed by atoms with Crippen LogP contribution in [0.2, 0.25) is 0 Å². The van der Waals surface area contributed by atoms with Crippen molar-refractivity contribution in [2.24, 2.45) is 5.73 Å². The van der Waals surface area contributed by atoms with Gasteiger partial charge in [0.05, 0.1) is 7.11 Å². The van der Waals surface area contributed by atoms with E-state index >= 15 is 0 Å². The number of amides is 1. The lowest BCUT2D eigenvalue weighted by molar-refractivity contribution is -0.113. The zero-order chi connectivity index (χ0) is 13.2. The van der Waals surface area contributed by atoms with Crippen LogP contribution in [0.1, 0.15) is 0 Å². The number of hydrogen-bond acceptors (Lipinski definition) is 4. The van der Waals surface area contributed by atoms with Crippen LogP contribution in [-0.4, -0.2) is 21.4 Å². The minimum Gasteiger partial charge on any atom is -0.495 e. The van der Waals surface area contributed by atoms with Gasteiger partial charge in [0.15, 0.2) is 0 Å². The van der Waals surface area contributed by atoms with Gasteiger partial charge in [0.2, 0.25) is 9.84 Å². The first kappa shape index (κ1) is 13.7. The molecule has 0 aromatic heterocycles. The zero-order valence-electron chi connectivity index (χ0n) is 8.94. The summed E-state index contributed by atoms with van der Waals surface area (Å²) in [4.78, 5) is 10.1. The molecule has 0 heterocycles. The van der Waals surface area contributed by atoms with Gasteiger partial charge in [-0.3, -0.25) is 4.79 Å². The second-order valence-corrected chi connectivity index (χ2v) is 5.94. The monoisotopic (exact) mass is 319 g/mol. The number of nitrogens with two attached hydrogens (primary N) is 1. The minimum atomic E-state index is -4.03. The van der Waals surface area contributed by atoms with Crippen molar-refractivity contribution in [1.29, 1.82) is 0 Å². The van der Waals surface area contributed by atoms with Gasteiger partial charge in [-0.25, -0.2) is 8.42 Å². The molecule has 92 valence electrons. The molecule has 1 aromatic carbocycles. The summed E-state index contributed by atoms with van der Waals surface area (Å²) in [7, 11) is -2.70. The number of methoxy groups -OCH3 is 1. The number of benzene rings is 1. The lowest BCUT2D eigenvalue weighted by Crippen LogP contribution is -2.20. The molecule has 0 aliphatic rings. The third kappa shape index (κ3) is 2.67. The second-order valence-electron chi connectivity index (χ2n) is 3.09. The van der Waals surface area contributed by atoms with Crippen LogP contribution in [0, 0.1) is 0 Å². The summed E-state index contributed by atoms with van der Waals surface area (Å²) in [6, 6.07) is 4.40. The highest BCUT2D eigenvalue weighted by molar-refractivity contribution is 9.10. The predicted octanol–water partition coefficient (Wildman–Crippen LogP) is 1.23. The summed E-state index contributed by atoms with van der Waals surface area (Å²) in [5.74, 6) is -0.970. The van der Waals surface area contributed by atoms with Crippen LogP contribution in [0.3, 0.4) is 0 Å². The van der Waals surface area contributed by atoms with Crippen LogP contribution in [0.15, 0.2) is 39.1 Å². The first-order valence-electron chi connectivity index (χ1n) is 4.38. The van der Waals surface area contributed by atoms with E-state index < -0.39 is 20.6 Å². The van der Waals surface area contributed by atoms with E-state index in [1.807, 2.05) is 0 Å². The fourth-order valence-electron chi connectivity index (χ4n) is 1.13. The molecule has 1 rings (SSSR count). The normalized spacial score (nSPS) is 10.9. The number of primary amides is 1. The third-order valence-electron chi connectivity index (χ3n) is 2.01. The van der Waals surface area contributed by atoms with Gasteiger partial charge in [0, 0.05) is 4.47 Å². The van der Waals surface area contributed by atoms with E-state index in [1.54, 1.807) is 6.07 Å². The molecule has 5 nitrogen and oxygen atoms in total. The molecule has 0 atom stereocenters. The topological polar surface area (TPSA) is 86.5 Å². The maximum Gasteiger partial charge on any atom is 0.260 e. The molecule has 0 spiro atoms. The highest BCUT2D eigenvalue weighted by Gasteiger charge is 2.26. The van der Waals surface area contributed by atoms with Crippen LogP contribution in [-0.2, 0) is 14.6 Å². The van der Waals surface area contributed by atoms with Gasteiger partial charge in [-0.15, -0.1) is 0 Å². The van der Waals surface area contributed by atoms with Crippen molar-refractivity contribution in [3.63, 3.8) is 0 Å². The van der Waals surface area contributed by atoms with Crippen molar-refractivity contribution in [3.8, 4) is 5.75 Å². The van der Waals surface area contributed by atoms with Gasteiger partial charge in [-0.05, 0) is 18.2 Å². The van der Waals surface area contributed by atoms with Crippen molar-refractivity contribution < 1.29 is 17.9 Å². The SMILES string of the molecule is C=C(C(N)=O)S(=O)(=O)c1cc(Br)ccc1OC. The van der Waals surface area contributed by atoms with Gasteiger partial charge in [-0.1, -0.05) is 22.5 Å². The van der Waals surface area contributed by atoms with E-state index in [1.165, 1.54) is 19.2 Å². The van der Waals surface area contributed by atoms with Crippen LogP contribution in [0.25, 0.3) is 0 Å². The van der Waals surface area contributed by atoms with Crippen LogP contribution in [0.4, 0.5) is 0 Å². The Morgan fingerprint density at radius 3 is 2.53 bits per heavy atom. The molecule has 0 aliphatic carbocycles. The summed E-state index contributed by atoms with van der Waals surface area (Å²) < 4.78 is 29.5. The van der Waals surface area contributed by atoms with E-state index in [-0.39, 0.29) is 10.6 Å². The number of halogens is 1. The van der Waals surface area contributed by atoms with Crippen molar-refractivity contribution in [2.75, 3.05) is 7.11 Å². The smallest absolute Gasteiger partial charge is 0.260 e. The van der Waals surface area contributed by atoms with Gasteiger partial charge in [0.1, 0.15) is 15.6 Å². The molecule has 0 radical (unpaired) electrons. The lowest BCUT2D eigenvalue weighted by Gasteiger charge is -2.09. The Labute approximate surface area is 107 Å². The van der Waals surface area contributed by atoms with Gasteiger partial charge in [-0.2, -0.15) is 0 Å². The summed E-state index contributed by atoms with van der Waals surface area (Å²) in [6.45, 7) is 3.17. The van der Waals surface area contributed by atoms with E-state index in [4.69, 9.17) is 10.5 Å². The maximum atomic E-state index is 12.0. The van der Waals surface area contributed by atoms with Crippen molar-refractivity contribution in [2.45, 2.75) is 4.90 Å². The highest BCUT2D eigenvalue weighted by atomic mass is 79.9. The number of ether oxygens (including phenoxy) is 1. The Hall–Kier alpha value is -1.34. The largest absolute Gasteiger partial charge is 0.495 e. The Kier molecular flexibility index (Phi) is 3.94. The first-order valence-corrected chi connectivity index (χ1v) is 6.65. The van der Waals surface area contributed by atoms with Gasteiger partial charge < -0.3 is 10.5 Å². The quantitative estimate of drug-likeness (QED) is 0.846. The third-order valence-corrected chi connectivity index (χ3v) is 4.26. The molecule has 0 saturated heterocycles. The first-order chi connectivity index (χ1) is 7.80. The lowest BCUT2D eigenvalue weighted by atomic mass is 10.3. The molecule has 0 aliphatic heterocycles. The van der Waals surface area contributed by atoms with Crippen LogP contribution in [0.5, 0.6) is 5.75 Å². The fourth-order valence-corrected chi connectivity index (χ4v) is 2.87. The Bertz CT molecular complexity index is 580. The van der Waals surface area contributed by atoms with E-state index in [2.05, 4.69) is 22.5 Å². The van der Waals surface area contributed by atoms with Crippen LogP contribution >= 0.6 is 15.9 Å². The number of carbonyl (C=O) groups is 1. The fraction of sp³-hybridized carbons (Fsp3) is 0.100. The molecule has 1 aromatic rings. The number of sulfone groups is 1. The molecular weight excluding hydrogens is 310 g/mol. The number of rotatable bonds is 4. The molecule has 0 unspecified atom stereocenters. The van der Waals surface area contributed by atoms with E-state index in [9.17, 15) is 13.2 Å². The summed E-state index contributed by atoms with van der Waals surface area (Å²) in [6.07, 6.45) is 0. The van der Waals surface area contributed by atoms with E-state index in [0.29, 0.717) is 4.47 Å². The average molecular weight is 320 g/mol. The van der Waals surface area contributed by atoms with Crippen molar-refractivity contribution in [1.82, 2.24) is 0 Å². The number of carbonyl (C=O) groups excluding carboxylic acids is 1. The Morgan fingerprint density at radius 1 is 1.47 bits per heavy atom. The molecule has 2 N–H and O–H groups in total. The standard InChI is InChI=1S/C10H10BrNO4S/c1-6(10(12)13)17(14,15)9-5-7(11)3-4-8(9)16-2/h3-5H,1H2,2H3,(H2,12,13). The predicted molar refractivity (Wildman–Crippen MR) is 66.2 cm³/mol. The molecule has 0 fully saturated rings.